The molecule has 0 bridgehead atoms. The summed E-state index contributed by atoms with van der Waals surface area (Å²) in [6.07, 6.45) is 2.60. The Morgan fingerprint density at radius 3 is 2.56 bits per heavy atom. The first kappa shape index (κ1) is 13.8. The second-order valence-corrected chi connectivity index (χ2v) is 5.25. The van der Waals surface area contributed by atoms with Crippen LogP contribution in [-0.4, -0.2) is 5.88 Å². The number of halogens is 3. The van der Waals surface area contributed by atoms with E-state index in [0.717, 1.165) is 12.8 Å². The van der Waals surface area contributed by atoms with Crippen molar-refractivity contribution in [1.29, 1.82) is 0 Å². The van der Waals surface area contributed by atoms with Crippen molar-refractivity contribution in [2.45, 2.75) is 33.1 Å². The van der Waals surface area contributed by atoms with Gasteiger partial charge in [0.15, 0.2) is 0 Å². The number of hydrogen-bond donors (Lipinski definition) is 0. The lowest BCUT2D eigenvalue weighted by Crippen LogP contribution is -2.22. The molecule has 0 radical (unpaired) electrons. The van der Waals surface area contributed by atoms with E-state index in [4.69, 9.17) is 23.2 Å². The largest absolute Gasteiger partial charge is 0.207 e. The van der Waals surface area contributed by atoms with Crippen LogP contribution in [0, 0.1) is 11.2 Å². The molecule has 3 heteroatoms. The maximum atomic E-state index is 13.6. The molecule has 0 saturated carbocycles. The van der Waals surface area contributed by atoms with E-state index in [1.165, 1.54) is 6.07 Å². The molecule has 0 aliphatic heterocycles. The van der Waals surface area contributed by atoms with Gasteiger partial charge in [0.05, 0.1) is 0 Å². The van der Waals surface area contributed by atoms with Crippen LogP contribution >= 0.6 is 23.2 Å². The lowest BCUT2D eigenvalue weighted by atomic mass is 9.81. The summed E-state index contributed by atoms with van der Waals surface area (Å²) in [5, 5.41) is 0.493. The predicted molar refractivity (Wildman–Crippen MR) is 68.8 cm³/mol. The van der Waals surface area contributed by atoms with Gasteiger partial charge >= 0.3 is 0 Å². The van der Waals surface area contributed by atoms with Crippen molar-refractivity contribution < 1.29 is 4.39 Å². The third-order valence-electron chi connectivity index (χ3n) is 2.84. The monoisotopic (exact) mass is 262 g/mol. The molecule has 0 aliphatic rings. The van der Waals surface area contributed by atoms with E-state index in [0.29, 0.717) is 22.9 Å². The van der Waals surface area contributed by atoms with Crippen molar-refractivity contribution in [3.05, 3.63) is 34.6 Å². The zero-order valence-corrected chi connectivity index (χ0v) is 11.2. The van der Waals surface area contributed by atoms with Gasteiger partial charge in [0, 0.05) is 16.5 Å². The fraction of sp³-hybridized carbons (Fsp3) is 0.538. The van der Waals surface area contributed by atoms with Crippen LogP contribution < -0.4 is 0 Å². The van der Waals surface area contributed by atoms with Gasteiger partial charge in [0.25, 0.3) is 0 Å². The maximum Gasteiger partial charge on any atom is 0.127 e. The Bertz CT molecular complexity index is 332. The molecule has 0 spiro atoms. The van der Waals surface area contributed by atoms with Crippen LogP contribution in [0.2, 0.25) is 5.02 Å². The SMILES string of the molecule is CCCC(C)(CCl)Cc1c(F)cccc1Cl. The van der Waals surface area contributed by atoms with Gasteiger partial charge in [-0.2, -0.15) is 0 Å². The smallest absolute Gasteiger partial charge is 0.127 e. The lowest BCUT2D eigenvalue weighted by molar-refractivity contribution is 0.330. The highest BCUT2D eigenvalue weighted by atomic mass is 35.5. The molecule has 0 fully saturated rings. The molecule has 0 nitrogen and oxygen atoms in total. The van der Waals surface area contributed by atoms with Crippen LogP contribution in [-0.2, 0) is 6.42 Å². The molecule has 0 aliphatic carbocycles. The fourth-order valence-electron chi connectivity index (χ4n) is 1.93. The fourth-order valence-corrected chi connectivity index (χ4v) is 2.39. The molecule has 0 aromatic heterocycles. The minimum absolute atomic E-state index is 0.0812. The van der Waals surface area contributed by atoms with Crippen molar-refractivity contribution in [3.63, 3.8) is 0 Å². The normalized spacial score (nSPS) is 14.8. The predicted octanol–water partition coefficient (Wildman–Crippen LogP) is 5.07. The van der Waals surface area contributed by atoms with E-state index >= 15 is 0 Å². The first-order valence-corrected chi connectivity index (χ1v) is 6.42. The van der Waals surface area contributed by atoms with Crippen LogP contribution in [0.25, 0.3) is 0 Å². The van der Waals surface area contributed by atoms with Gasteiger partial charge in [0.1, 0.15) is 5.82 Å². The van der Waals surface area contributed by atoms with Crippen molar-refractivity contribution >= 4 is 23.2 Å². The molecular weight excluding hydrogens is 246 g/mol. The van der Waals surface area contributed by atoms with Crippen LogP contribution in [0.15, 0.2) is 18.2 Å². The first-order chi connectivity index (χ1) is 7.52. The van der Waals surface area contributed by atoms with E-state index in [1.54, 1.807) is 12.1 Å². The van der Waals surface area contributed by atoms with E-state index in [9.17, 15) is 4.39 Å². The Labute approximate surface area is 107 Å². The quantitative estimate of drug-likeness (QED) is 0.651. The zero-order chi connectivity index (χ0) is 12.2. The second kappa shape index (κ2) is 5.88. The van der Waals surface area contributed by atoms with E-state index < -0.39 is 0 Å². The zero-order valence-electron chi connectivity index (χ0n) is 9.69. The Hall–Kier alpha value is -0.270. The number of rotatable bonds is 5. The average molecular weight is 263 g/mol. The molecule has 1 aromatic rings. The minimum atomic E-state index is -0.236. The molecule has 1 atom stereocenters. The van der Waals surface area contributed by atoms with Crippen molar-refractivity contribution in [1.82, 2.24) is 0 Å². The third-order valence-corrected chi connectivity index (χ3v) is 3.84. The standard InChI is InChI=1S/C13H17Cl2F/c1-3-7-13(2,9-14)8-10-11(15)5-4-6-12(10)16/h4-6H,3,7-9H2,1-2H3. The van der Waals surface area contributed by atoms with Crippen molar-refractivity contribution in [3.8, 4) is 0 Å². The molecule has 1 unspecified atom stereocenters. The molecule has 0 amide bonds. The Morgan fingerprint density at radius 2 is 2.06 bits per heavy atom. The highest BCUT2D eigenvalue weighted by Gasteiger charge is 2.25. The number of benzene rings is 1. The highest BCUT2D eigenvalue weighted by Crippen LogP contribution is 2.33. The maximum absolute atomic E-state index is 13.6. The van der Waals surface area contributed by atoms with Gasteiger partial charge in [-0.25, -0.2) is 4.39 Å². The summed E-state index contributed by atoms with van der Waals surface area (Å²) in [5.41, 5.74) is 0.503. The van der Waals surface area contributed by atoms with Gasteiger partial charge in [-0.15, -0.1) is 11.6 Å². The van der Waals surface area contributed by atoms with E-state index in [2.05, 4.69) is 13.8 Å². The Balaban J connectivity index is 2.94. The number of hydrogen-bond acceptors (Lipinski definition) is 0. The second-order valence-electron chi connectivity index (χ2n) is 4.57. The van der Waals surface area contributed by atoms with E-state index in [-0.39, 0.29) is 11.2 Å². The summed E-state index contributed by atoms with van der Waals surface area (Å²) < 4.78 is 13.6. The molecule has 16 heavy (non-hydrogen) atoms. The summed E-state index contributed by atoms with van der Waals surface area (Å²) in [6.45, 7) is 4.18. The topological polar surface area (TPSA) is 0 Å². The first-order valence-electron chi connectivity index (χ1n) is 5.51. The summed E-state index contributed by atoms with van der Waals surface area (Å²) >= 11 is 12.0. The van der Waals surface area contributed by atoms with Crippen LogP contribution in [0.5, 0.6) is 0 Å². The van der Waals surface area contributed by atoms with Gasteiger partial charge in [0.2, 0.25) is 0 Å². The highest BCUT2D eigenvalue weighted by molar-refractivity contribution is 6.31. The van der Waals surface area contributed by atoms with Crippen LogP contribution in [0.1, 0.15) is 32.3 Å². The molecule has 1 aromatic carbocycles. The van der Waals surface area contributed by atoms with Crippen molar-refractivity contribution in [2.75, 3.05) is 5.88 Å². The van der Waals surface area contributed by atoms with Gasteiger partial charge in [-0.3, -0.25) is 0 Å². The Morgan fingerprint density at radius 1 is 1.38 bits per heavy atom. The average Bonchev–Trinajstić information content (AvgIpc) is 2.24. The van der Waals surface area contributed by atoms with Crippen molar-refractivity contribution in [2.24, 2.45) is 5.41 Å². The van der Waals surface area contributed by atoms with E-state index in [1.807, 2.05) is 0 Å². The molecule has 1 rings (SSSR count). The van der Waals surface area contributed by atoms with Crippen LogP contribution in [0.3, 0.4) is 0 Å². The van der Waals surface area contributed by atoms with Crippen LogP contribution in [0.4, 0.5) is 4.39 Å². The summed E-state index contributed by atoms with van der Waals surface area (Å²) in [4.78, 5) is 0. The number of alkyl halides is 1. The Kier molecular flexibility index (Phi) is 5.07. The lowest BCUT2D eigenvalue weighted by Gasteiger charge is -2.27. The summed E-state index contributed by atoms with van der Waals surface area (Å²) in [7, 11) is 0. The van der Waals surface area contributed by atoms with Gasteiger partial charge in [-0.05, 0) is 30.4 Å². The molecule has 0 N–H and O–H groups in total. The molecular formula is C13H17Cl2F. The summed E-state index contributed by atoms with van der Waals surface area (Å²) in [6, 6.07) is 4.79. The minimum Gasteiger partial charge on any atom is -0.207 e. The molecule has 0 saturated heterocycles. The molecule has 90 valence electrons. The molecule has 0 heterocycles. The van der Waals surface area contributed by atoms with Gasteiger partial charge < -0.3 is 0 Å². The summed E-state index contributed by atoms with van der Waals surface area (Å²) in [5.74, 6) is 0.283. The van der Waals surface area contributed by atoms with Gasteiger partial charge in [-0.1, -0.05) is 37.9 Å². The third kappa shape index (κ3) is 3.36.